The predicted octanol–water partition coefficient (Wildman–Crippen LogP) is 0.520. The number of carbonyl (C=O) groups is 1. The van der Waals surface area contributed by atoms with E-state index in [4.69, 9.17) is 5.11 Å². The highest BCUT2D eigenvalue weighted by Crippen LogP contribution is 2.06. The lowest BCUT2D eigenvalue weighted by atomic mass is 10.3. The molecule has 0 fully saturated rings. The summed E-state index contributed by atoms with van der Waals surface area (Å²) in [5.41, 5.74) is 0.00738. The molecule has 0 radical (unpaired) electrons. The van der Waals surface area contributed by atoms with Gasteiger partial charge in [0.2, 0.25) is 0 Å². The highest BCUT2D eigenvalue weighted by molar-refractivity contribution is 5.85. The molecule has 2 aromatic rings. The van der Waals surface area contributed by atoms with Gasteiger partial charge in [0, 0.05) is 7.05 Å². The van der Waals surface area contributed by atoms with Gasteiger partial charge < -0.3 is 15.0 Å². The number of carboxylic acids is 1. The maximum atomic E-state index is 10.7. The molecule has 0 aliphatic carbocycles. The summed E-state index contributed by atoms with van der Waals surface area (Å²) in [5.74, 6) is 0.188. The lowest BCUT2D eigenvalue weighted by molar-refractivity contribution is 0.0690. The van der Waals surface area contributed by atoms with Crippen LogP contribution in [-0.2, 0) is 13.6 Å². The number of aryl methyl sites for hydroxylation is 1. The average Bonchev–Trinajstić information content (AvgIpc) is 2.72. The normalized spacial score (nSPS) is 10.2. The van der Waals surface area contributed by atoms with E-state index in [-0.39, 0.29) is 5.69 Å². The van der Waals surface area contributed by atoms with Crippen LogP contribution in [0.15, 0.2) is 24.5 Å². The number of nitrogens with zero attached hydrogens (tertiary/aromatic N) is 4. The van der Waals surface area contributed by atoms with Crippen molar-refractivity contribution in [2.24, 2.45) is 7.05 Å². The van der Waals surface area contributed by atoms with Crippen LogP contribution in [-0.4, -0.2) is 30.8 Å². The molecule has 2 N–H and O–H groups in total. The van der Waals surface area contributed by atoms with Crippen molar-refractivity contribution in [3.05, 3.63) is 36.0 Å². The number of nitrogens with one attached hydrogen (secondary N) is 1. The smallest absolute Gasteiger partial charge is 0.354 e. The van der Waals surface area contributed by atoms with Gasteiger partial charge >= 0.3 is 5.97 Å². The van der Waals surface area contributed by atoms with Crippen molar-refractivity contribution in [1.29, 1.82) is 0 Å². The van der Waals surface area contributed by atoms with Gasteiger partial charge in [-0.2, -0.15) is 0 Å². The number of rotatable bonds is 4. The number of carboxylic acid groups (broad SMARTS) is 1. The van der Waals surface area contributed by atoms with Crippen LogP contribution in [0.3, 0.4) is 0 Å². The minimum absolute atomic E-state index is 0.00738. The quantitative estimate of drug-likeness (QED) is 0.799. The lowest BCUT2D eigenvalue weighted by Crippen LogP contribution is -2.08. The minimum atomic E-state index is -1.05. The minimum Gasteiger partial charge on any atom is -0.477 e. The molecule has 2 rings (SSSR count). The van der Waals surface area contributed by atoms with Gasteiger partial charge in [0.15, 0.2) is 11.5 Å². The molecule has 2 heterocycles. The van der Waals surface area contributed by atoms with E-state index >= 15 is 0 Å². The molecule has 0 aliphatic rings. The molecule has 0 saturated carbocycles. The van der Waals surface area contributed by atoms with Gasteiger partial charge in [0.25, 0.3) is 0 Å². The Balaban J connectivity index is 2.07. The number of aromatic carboxylic acids is 1. The standard InChI is InChI=1S/C10H11N5O2/c1-15-6-12-14-9(15)5-11-8-4-2-3-7(13-8)10(16)17/h2-4,6H,5H2,1H3,(H,11,13)(H,16,17). The molecule has 0 aromatic carbocycles. The third-order valence-electron chi connectivity index (χ3n) is 2.20. The Bertz CT molecular complexity index is 537. The summed E-state index contributed by atoms with van der Waals surface area (Å²) in [6.45, 7) is 0.437. The van der Waals surface area contributed by atoms with Gasteiger partial charge in [-0.3, -0.25) is 0 Å². The molecule has 0 bridgehead atoms. The molecule has 0 aliphatic heterocycles. The summed E-state index contributed by atoms with van der Waals surface area (Å²) in [5, 5.41) is 19.4. The topological polar surface area (TPSA) is 92.9 Å². The zero-order valence-corrected chi connectivity index (χ0v) is 9.16. The number of pyridine rings is 1. The van der Waals surface area contributed by atoms with E-state index in [9.17, 15) is 4.79 Å². The molecule has 0 atom stereocenters. The second kappa shape index (κ2) is 4.60. The van der Waals surface area contributed by atoms with E-state index in [0.29, 0.717) is 12.4 Å². The first-order valence-electron chi connectivity index (χ1n) is 4.94. The van der Waals surface area contributed by atoms with E-state index in [1.165, 1.54) is 6.07 Å². The van der Waals surface area contributed by atoms with Gasteiger partial charge in [-0.05, 0) is 12.1 Å². The zero-order valence-electron chi connectivity index (χ0n) is 9.16. The highest BCUT2D eigenvalue weighted by atomic mass is 16.4. The van der Waals surface area contributed by atoms with Gasteiger partial charge in [-0.15, -0.1) is 10.2 Å². The predicted molar refractivity (Wildman–Crippen MR) is 59.5 cm³/mol. The van der Waals surface area contributed by atoms with Gasteiger partial charge in [0.05, 0.1) is 6.54 Å². The lowest BCUT2D eigenvalue weighted by Gasteiger charge is -2.05. The molecule has 7 nitrogen and oxygen atoms in total. The van der Waals surface area contributed by atoms with E-state index in [1.54, 1.807) is 23.0 Å². The maximum absolute atomic E-state index is 10.7. The van der Waals surface area contributed by atoms with E-state index in [2.05, 4.69) is 20.5 Å². The van der Waals surface area contributed by atoms with Crippen LogP contribution in [0.1, 0.15) is 16.3 Å². The first-order valence-corrected chi connectivity index (χ1v) is 4.94. The summed E-state index contributed by atoms with van der Waals surface area (Å²) in [6.07, 6.45) is 1.60. The summed E-state index contributed by atoms with van der Waals surface area (Å²) in [6, 6.07) is 4.77. The van der Waals surface area contributed by atoms with Crippen LogP contribution >= 0.6 is 0 Å². The molecule has 17 heavy (non-hydrogen) atoms. The maximum Gasteiger partial charge on any atom is 0.354 e. The van der Waals surface area contributed by atoms with Crippen LogP contribution < -0.4 is 5.32 Å². The van der Waals surface area contributed by atoms with Crippen molar-refractivity contribution in [1.82, 2.24) is 19.7 Å². The van der Waals surface area contributed by atoms with Crippen LogP contribution in [0.4, 0.5) is 5.82 Å². The van der Waals surface area contributed by atoms with Crippen molar-refractivity contribution in [3.8, 4) is 0 Å². The number of hydrogen-bond donors (Lipinski definition) is 2. The largest absolute Gasteiger partial charge is 0.477 e. The fraction of sp³-hybridized carbons (Fsp3) is 0.200. The highest BCUT2D eigenvalue weighted by Gasteiger charge is 2.05. The van der Waals surface area contributed by atoms with Gasteiger partial charge in [0.1, 0.15) is 12.1 Å². The zero-order chi connectivity index (χ0) is 12.3. The molecule has 0 saturated heterocycles. The molecule has 88 valence electrons. The van der Waals surface area contributed by atoms with Crippen molar-refractivity contribution in [2.75, 3.05) is 5.32 Å². The Morgan fingerprint density at radius 3 is 3.00 bits per heavy atom. The Labute approximate surface area is 97.1 Å². The van der Waals surface area contributed by atoms with Crippen molar-refractivity contribution in [3.63, 3.8) is 0 Å². The Morgan fingerprint density at radius 1 is 1.53 bits per heavy atom. The number of anilines is 1. The molecular weight excluding hydrogens is 222 g/mol. The molecule has 0 spiro atoms. The van der Waals surface area contributed by atoms with Crippen LogP contribution in [0, 0.1) is 0 Å². The van der Waals surface area contributed by atoms with Gasteiger partial charge in [-0.1, -0.05) is 6.07 Å². The fourth-order valence-corrected chi connectivity index (χ4v) is 1.29. The third-order valence-corrected chi connectivity index (χ3v) is 2.20. The Morgan fingerprint density at radius 2 is 2.35 bits per heavy atom. The van der Waals surface area contributed by atoms with Crippen LogP contribution in [0.25, 0.3) is 0 Å². The van der Waals surface area contributed by atoms with Crippen LogP contribution in [0.2, 0.25) is 0 Å². The van der Waals surface area contributed by atoms with E-state index in [1.807, 2.05) is 7.05 Å². The summed E-state index contributed by atoms with van der Waals surface area (Å²) in [4.78, 5) is 14.7. The summed E-state index contributed by atoms with van der Waals surface area (Å²) < 4.78 is 1.77. The van der Waals surface area contributed by atoms with Crippen LogP contribution in [0.5, 0.6) is 0 Å². The molecule has 0 amide bonds. The average molecular weight is 233 g/mol. The SMILES string of the molecule is Cn1cnnc1CNc1cccc(C(=O)O)n1. The summed E-state index contributed by atoms with van der Waals surface area (Å²) in [7, 11) is 1.83. The molecule has 0 unspecified atom stereocenters. The Kier molecular flexibility index (Phi) is 2.99. The second-order valence-electron chi connectivity index (χ2n) is 3.42. The first-order chi connectivity index (χ1) is 8.16. The fourth-order valence-electron chi connectivity index (χ4n) is 1.29. The number of aromatic nitrogens is 4. The first kappa shape index (κ1) is 11.1. The molecule has 2 aromatic heterocycles. The molecule has 7 heteroatoms. The third kappa shape index (κ3) is 2.57. The second-order valence-corrected chi connectivity index (χ2v) is 3.42. The van der Waals surface area contributed by atoms with Gasteiger partial charge in [-0.25, -0.2) is 9.78 Å². The van der Waals surface area contributed by atoms with E-state index in [0.717, 1.165) is 5.82 Å². The molecular formula is C10H11N5O2. The monoisotopic (exact) mass is 233 g/mol. The van der Waals surface area contributed by atoms with Crippen molar-refractivity contribution >= 4 is 11.8 Å². The Hall–Kier alpha value is -2.44. The van der Waals surface area contributed by atoms with Crippen molar-refractivity contribution < 1.29 is 9.90 Å². The number of hydrogen-bond acceptors (Lipinski definition) is 5. The van der Waals surface area contributed by atoms with E-state index < -0.39 is 5.97 Å². The summed E-state index contributed by atoms with van der Waals surface area (Å²) >= 11 is 0. The van der Waals surface area contributed by atoms with Crippen molar-refractivity contribution in [2.45, 2.75) is 6.54 Å².